The van der Waals surface area contributed by atoms with E-state index in [0.717, 1.165) is 4.47 Å². The minimum Gasteiger partial charge on any atom is -0.481 e. The van der Waals surface area contributed by atoms with Gasteiger partial charge in [-0.1, -0.05) is 41.9 Å². The smallest absolute Gasteiger partial charge is 0.335 e. The third-order valence-electron chi connectivity index (χ3n) is 5.50. The van der Waals surface area contributed by atoms with Crippen molar-refractivity contribution in [2.45, 2.75) is 26.4 Å². The quantitative estimate of drug-likeness (QED) is 0.139. The molecule has 4 rings (SSSR count). The third-order valence-corrected chi connectivity index (χ3v) is 6.58. The SMILES string of the molecule is CC(C)c1nc2ccc(Br)cc2c(=O)n1N=Cc1cc(Br)c(OCc2ccc(C(=O)O)cc2)c([N+](=O)[O-])c1. The minimum atomic E-state index is -1.05. The number of nitro benzene ring substituents is 1. The number of nitro groups is 1. The Bertz CT molecular complexity index is 1650. The highest BCUT2D eigenvalue weighted by Gasteiger charge is 2.21. The first kappa shape index (κ1) is 27.1. The first-order chi connectivity index (χ1) is 18.0. The van der Waals surface area contributed by atoms with Crippen LogP contribution in [-0.4, -0.2) is 31.9 Å². The summed E-state index contributed by atoms with van der Waals surface area (Å²) in [5.74, 6) is -0.715. The minimum absolute atomic E-state index is 0.00622. The highest BCUT2D eigenvalue weighted by molar-refractivity contribution is 9.10. The molecule has 0 aliphatic carbocycles. The Labute approximate surface area is 233 Å². The second-order valence-corrected chi connectivity index (χ2v) is 10.3. The number of hydrogen-bond acceptors (Lipinski definition) is 7. The summed E-state index contributed by atoms with van der Waals surface area (Å²) in [4.78, 5) is 40.1. The molecule has 1 N–H and O–H groups in total. The molecule has 0 saturated carbocycles. The van der Waals surface area contributed by atoms with Crippen LogP contribution in [0.3, 0.4) is 0 Å². The number of rotatable bonds is 8. The van der Waals surface area contributed by atoms with Crippen LogP contribution in [0.1, 0.15) is 47.1 Å². The monoisotopic (exact) mass is 642 g/mol. The summed E-state index contributed by atoms with van der Waals surface area (Å²) < 4.78 is 7.95. The zero-order chi connectivity index (χ0) is 27.6. The van der Waals surface area contributed by atoms with E-state index in [9.17, 15) is 19.7 Å². The highest BCUT2D eigenvalue weighted by atomic mass is 79.9. The summed E-state index contributed by atoms with van der Waals surface area (Å²) in [5, 5.41) is 25.6. The van der Waals surface area contributed by atoms with E-state index in [1.165, 1.54) is 29.1 Å². The van der Waals surface area contributed by atoms with Crippen molar-refractivity contribution in [2.24, 2.45) is 5.10 Å². The number of carboxylic acids is 1. The zero-order valence-corrected chi connectivity index (χ0v) is 23.3. The van der Waals surface area contributed by atoms with E-state index < -0.39 is 10.9 Å². The van der Waals surface area contributed by atoms with Gasteiger partial charge in [0.25, 0.3) is 5.56 Å². The molecule has 0 fully saturated rings. The molecule has 194 valence electrons. The Kier molecular flexibility index (Phi) is 8.02. The summed E-state index contributed by atoms with van der Waals surface area (Å²) in [7, 11) is 0. The molecule has 1 heterocycles. The van der Waals surface area contributed by atoms with Crippen molar-refractivity contribution in [2.75, 3.05) is 0 Å². The van der Waals surface area contributed by atoms with Crippen molar-refractivity contribution < 1.29 is 19.6 Å². The van der Waals surface area contributed by atoms with Crippen LogP contribution in [0, 0.1) is 10.1 Å². The van der Waals surface area contributed by atoms with Crippen molar-refractivity contribution in [3.05, 3.63) is 107 Å². The maximum atomic E-state index is 13.2. The summed E-state index contributed by atoms with van der Waals surface area (Å²) in [6.07, 6.45) is 1.35. The lowest BCUT2D eigenvalue weighted by Gasteiger charge is -2.12. The fourth-order valence-corrected chi connectivity index (χ4v) is 4.57. The molecule has 10 nitrogen and oxygen atoms in total. The van der Waals surface area contributed by atoms with Gasteiger partial charge in [0.1, 0.15) is 12.4 Å². The fourth-order valence-electron chi connectivity index (χ4n) is 3.63. The molecular formula is C26H20Br2N4O6. The first-order valence-electron chi connectivity index (χ1n) is 11.2. The van der Waals surface area contributed by atoms with E-state index in [-0.39, 0.29) is 35.1 Å². The number of fused-ring (bicyclic) bond motifs is 1. The Morgan fingerprint density at radius 1 is 1.18 bits per heavy atom. The summed E-state index contributed by atoms with van der Waals surface area (Å²) >= 11 is 6.70. The molecule has 0 spiro atoms. The lowest BCUT2D eigenvalue weighted by molar-refractivity contribution is -0.386. The van der Waals surface area contributed by atoms with Gasteiger partial charge in [0.2, 0.25) is 5.75 Å². The zero-order valence-electron chi connectivity index (χ0n) is 20.1. The fraction of sp³-hybridized carbons (Fsp3) is 0.154. The van der Waals surface area contributed by atoms with Gasteiger partial charge in [-0.3, -0.25) is 14.9 Å². The maximum Gasteiger partial charge on any atom is 0.335 e. The standard InChI is InChI=1S/C26H20Br2N4O6/c1-14(2)24-30-21-8-7-18(27)11-19(21)25(33)31(24)29-12-16-9-20(28)23(22(10-16)32(36)37)38-13-15-3-5-17(6-4-15)26(34)35/h3-12,14H,13H2,1-2H3,(H,34,35). The summed E-state index contributed by atoms with van der Waals surface area (Å²) in [6, 6.07) is 14.1. The molecule has 3 aromatic carbocycles. The second-order valence-electron chi connectivity index (χ2n) is 8.55. The maximum absolute atomic E-state index is 13.2. The van der Waals surface area contributed by atoms with E-state index in [0.29, 0.717) is 32.3 Å². The molecule has 0 radical (unpaired) electrons. The van der Waals surface area contributed by atoms with Crippen molar-refractivity contribution >= 4 is 60.6 Å². The van der Waals surface area contributed by atoms with E-state index in [4.69, 9.17) is 9.84 Å². The van der Waals surface area contributed by atoms with Gasteiger partial charge in [0, 0.05) is 22.0 Å². The Balaban J connectivity index is 1.68. The number of halogens is 2. The Morgan fingerprint density at radius 2 is 1.89 bits per heavy atom. The van der Waals surface area contributed by atoms with Crippen LogP contribution in [0.5, 0.6) is 5.75 Å². The molecular weight excluding hydrogens is 624 g/mol. The van der Waals surface area contributed by atoms with Crippen LogP contribution in [-0.2, 0) is 6.61 Å². The van der Waals surface area contributed by atoms with Gasteiger partial charge in [-0.05, 0) is 57.9 Å². The summed E-state index contributed by atoms with van der Waals surface area (Å²) in [5.41, 5.74) is 0.999. The number of aromatic carboxylic acids is 1. The average molecular weight is 644 g/mol. The number of carbonyl (C=O) groups is 1. The number of ether oxygens (including phenoxy) is 1. The van der Waals surface area contributed by atoms with Crippen LogP contribution >= 0.6 is 31.9 Å². The van der Waals surface area contributed by atoms with Gasteiger partial charge >= 0.3 is 11.7 Å². The average Bonchev–Trinajstić information content (AvgIpc) is 2.87. The van der Waals surface area contributed by atoms with Crippen molar-refractivity contribution in [3.8, 4) is 5.75 Å². The number of carboxylic acid groups (broad SMARTS) is 1. The lowest BCUT2D eigenvalue weighted by Crippen LogP contribution is -2.23. The van der Waals surface area contributed by atoms with E-state index in [1.807, 2.05) is 13.8 Å². The normalized spacial score (nSPS) is 11.4. The topological polar surface area (TPSA) is 137 Å². The number of nitrogens with zero attached hydrogens (tertiary/aromatic N) is 4. The molecule has 4 aromatic rings. The van der Waals surface area contributed by atoms with Crippen molar-refractivity contribution in [1.29, 1.82) is 0 Å². The molecule has 38 heavy (non-hydrogen) atoms. The summed E-state index contributed by atoms with van der Waals surface area (Å²) in [6.45, 7) is 3.76. The van der Waals surface area contributed by atoms with Gasteiger partial charge in [-0.25, -0.2) is 9.78 Å². The Morgan fingerprint density at radius 3 is 2.53 bits per heavy atom. The molecule has 0 saturated heterocycles. The number of hydrogen-bond donors (Lipinski definition) is 1. The molecule has 0 unspecified atom stereocenters. The van der Waals surface area contributed by atoms with Crippen LogP contribution in [0.15, 0.2) is 73.4 Å². The molecule has 0 atom stereocenters. The molecule has 1 aromatic heterocycles. The van der Waals surface area contributed by atoms with Crippen LogP contribution in [0.2, 0.25) is 0 Å². The molecule has 0 aliphatic rings. The van der Waals surface area contributed by atoms with Gasteiger partial charge in [0.15, 0.2) is 0 Å². The van der Waals surface area contributed by atoms with Crippen molar-refractivity contribution in [3.63, 3.8) is 0 Å². The predicted molar refractivity (Wildman–Crippen MR) is 149 cm³/mol. The number of aromatic nitrogens is 2. The molecule has 0 bridgehead atoms. The molecule has 0 aliphatic heterocycles. The van der Waals surface area contributed by atoms with E-state index in [1.54, 1.807) is 36.4 Å². The third kappa shape index (κ3) is 5.81. The highest BCUT2D eigenvalue weighted by Crippen LogP contribution is 2.36. The van der Waals surface area contributed by atoms with E-state index in [2.05, 4.69) is 41.9 Å². The predicted octanol–water partition coefficient (Wildman–Crippen LogP) is 6.11. The largest absolute Gasteiger partial charge is 0.481 e. The van der Waals surface area contributed by atoms with Gasteiger partial charge in [-0.15, -0.1) is 0 Å². The van der Waals surface area contributed by atoms with Gasteiger partial charge in [0.05, 0.1) is 32.1 Å². The van der Waals surface area contributed by atoms with Crippen molar-refractivity contribution in [1.82, 2.24) is 9.66 Å². The second kappa shape index (κ2) is 11.2. The van der Waals surface area contributed by atoms with Crippen LogP contribution in [0.4, 0.5) is 5.69 Å². The van der Waals surface area contributed by atoms with E-state index >= 15 is 0 Å². The van der Waals surface area contributed by atoms with Crippen LogP contribution < -0.4 is 10.3 Å². The van der Waals surface area contributed by atoms with Gasteiger partial charge < -0.3 is 9.84 Å². The number of benzene rings is 3. The van der Waals surface area contributed by atoms with Crippen LogP contribution in [0.25, 0.3) is 10.9 Å². The first-order valence-corrected chi connectivity index (χ1v) is 12.8. The molecule has 12 heteroatoms. The lowest BCUT2D eigenvalue weighted by atomic mass is 10.1. The van der Waals surface area contributed by atoms with Gasteiger partial charge in [-0.2, -0.15) is 9.78 Å². The molecule has 0 amide bonds. The Hall–Kier alpha value is -3.90.